The quantitative estimate of drug-likeness (QED) is 0.484. The minimum Gasteiger partial charge on any atom is -0.481 e. The molecule has 0 unspecified atom stereocenters. The van der Waals surface area contributed by atoms with Crippen LogP contribution < -0.4 is 10.3 Å². The summed E-state index contributed by atoms with van der Waals surface area (Å²) in [6, 6.07) is 14.0. The molecule has 1 aromatic carbocycles. The van der Waals surface area contributed by atoms with Crippen LogP contribution >= 0.6 is 0 Å². The van der Waals surface area contributed by atoms with Crippen LogP contribution in [-0.2, 0) is 18.2 Å². The summed E-state index contributed by atoms with van der Waals surface area (Å²) in [6.45, 7) is 1.48. The molecule has 0 radical (unpaired) electrons. The Kier molecular flexibility index (Phi) is 5.49. The maximum Gasteiger partial charge on any atom is 0.276 e. The van der Waals surface area contributed by atoms with Gasteiger partial charge in [-0.05, 0) is 24.5 Å². The number of ether oxygens (including phenoxy) is 2. The molecule has 7 nitrogen and oxygen atoms in total. The summed E-state index contributed by atoms with van der Waals surface area (Å²) in [7, 11) is 3.44. The van der Waals surface area contributed by atoms with Crippen molar-refractivity contribution >= 4 is 5.52 Å². The fraction of sp³-hybridized carbons (Fsp3) is 0.320. The molecule has 4 aromatic rings. The van der Waals surface area contributed by atoms with Gasteiger partial charge in [0.05, 0.1) is 19.0 Å². The highest BCUT2D eigenvalue weighted by atomic mass is 16.5. The Balaban J connectivity index is 1.45. The molecule has 0 saturated carbocycles. The average Bonchev–Trinajstić information content (AvgIpc) is 3.27. The molecule has 0 aliphatic carbocycles. The number of pyridine rings is 1. The first kappa shape index (κ1) is 20.5. The van der Waals surface area contributed by atoms with E-state index in [0.29, 0.717) is 23.7 Å². The summed E-state index contributed by atoms with van der Waals surface area (Å²) in [5, 5.41) is 0. The van der Waals surface area contributed by atoms with Gasteiger partial charge in [-0.15, -0.1) is 0 Å². The number of imidazole rings is 1. The first-order valence-electron chi connectivity index (χ1n) is 10.9. The number of benzene rings is 1. The lowest BCUT2D eigenvalue weighted by atomic mass is 9.99. The van der Waals surface area contributed by atoms with Crippen molar-refractivity contribution < 1.29 is 9.47 Å². The highest BCUT2D eigenvalue weighted by Crippen LogP contribution is 2.26. The lowest BCUT2D eigenvalue weighted by Gasteiger charge is -2.21. The van der Waals surface area contributed by atoms with E-state index in [4.69, 9.17) is 9.47 Å². The molecular formula is C25H26N4O3. The minimum absolute atomic E-state index is 0.0227. The summed E-state index contributed by atoms with van der Waals surface area (Å²) in [6.07, 6.45) is 6.28. The predicted molar refractivity (Wildman–Crippen MR) is 122 cm³/mol. The third-order valence-corrected chi connectivity index (χ3v) is 6.21. The molecule has 1 saturated heterocycles. The highest BCUT2D eigenvalue weighted by molar-refractivity contribution is 5.60. The van der Waals surface area contributed by atoms with Crippen molar-refractivity contribution in [2.75, 3.05) is 20.3 Å². The lowest BCUT2D eigenvalue weighted by Crippen LogP contribution is -2.24. The molecule has 0 amide bonds. The van der Waals surface area contributed by atoms with Crippen LogP contribution in [0.15, 0.2) is 59.7 Å². The van der Waals surface area contributed by atoms with Crippen LogP contribution in [-0.4, -0.2) is 39.3 Å². The maximum atomic E-state index is 13.0. The standard InChI is InChI=1S/C25H26N4O3/c1-28-20(14-17-6-8-18(9-7-17)21-4-3-5-23(27-21)31-2)16-29-22(25(28)30)15-26-24(29)19-10-12-32-13-11-19/h3-9,15-16,19H,10-14H2,1-2H3. The Morgan fingerprint density at radius 2 is 1.91 bits per heavy atom. The molecular weight excluding hydrogens is 404 g/mol. The van der Waals surface area contributed by atoms with Gasteiger partial charge in [0.1, 0.15) is 11.3 Å². The Morgan fingerprint density at radius 1 is 1.12 bits per heavy atom. The number of hydrogen-bond donors (Lipinski definition) is 0. The molecule has 5 rings (SSSR count). The van der Waals surface area contributed by atoms with Crippen LogP contribution in [0.2, 0.25) is 0 Å². The first-order valence-corrected chi connectivity index (χ1v) is 10.9. The van der Waals surface area contributed by atoms with Gasteiger partial charge < -0.3 is 14.0 Å². The van der Waals surface area contributed by atoms with Gasteiger partial charge in [0, 0.05) is 56.1 Å². The fourth-order valence-electron chi connectivity index (χ4n) is 4.32. The Hall–Kier alpha value is -3.45. The molecule has 1 aliphatic rings. The molecule has 4 heterocycles. The second-order valence-corrected chi connectivity index (χ2v) is 8.18. The monoisotopic (exact) mass is 430 g/mol. The average molecular weight is 431 g/mol. The van der Waals surface area contributed by atoms with E-state index in [1.54, 1.807) is 17.9 Å². The SMILES string of the molecule is COc1cccc(-c2ccc(Cc3cn4c(C5CCOCC5)ncc4c(=O)n3C)cc2)n1. The van der Waals surface area contributed by atoms with Crippen LogP contribution in [0.1, 0.15) is 35.8 Å². The topological polar surface area (TPSA) is 70.7 Å². The molecule has 7 heteroatoms. The molecule has 1 fully saturated rings. The normalized spacial score (nSPS) is 14.7. The zero-order chi connectivity index (χ0) is 22.1. The Morgan fingerprint density at radius 3 is 2.66 bits per heavy atom. The van der Waals surface area contributed by atoms with Crippen LogP contribution in [0.3, 0.4) is 0 Å². The summed E-state index contributed by atoms with van der Waals surface area (Å²) < 4.78 is 14.4. The lowest BCUT2D eigenvalue weighted by molar-refractivity contribution is 0.0835. The third-order valence-electron chi connectivity index (χ3n) is 6.21. The molecule has 0 N–H and O–H groups in total. The zero-order valence-electron chi connectivity index (χ0n) is 18.3. The van der Waals surface area contributed by atoms with E-state index < -0.39 is 0 Å². The number of rotatable bonds is 5. The number of hydrogen-bond acceptors (Lipinski definition) is 5. The van der Waals surface area contributed by atoms with Gasteiger partial charge >= 0.3 is 0 Å². The van der Waals surface area contributed by atoms with E-state index >= 15 is 0 Å². The number of methoxy groups -OCH3 is 1. The molecule has 3 aromatic heterocycles. The molecule has 0 atom stereocenters. The van der Waals surface area contributed by atoms with Gasteiger partial charge in [0.25, 0.3) is 5.56 Å². The van der Waals surface area contributed by atoms with Crippen molar-refractivity contribution in [3.63, 3.8) is 0 Å². The van der Waals surface area contributed by atoms with Crippen molar-refractivity contribution in [1.82, 2.24) is 18.9 Å². The molecule has 0 spiro atoms. The van der Waals surface area contributed by atoms with E-state index in [1.165, 1.54) is 0 Å². The van der Waals surface area contributed by atoms with Crippen LogP contribution in [0, 0.1) is 0 Å². The third kappa shape index (κ3) is 3.80. The summed E-state index contributed by atoms with van der Waals surface area (Å²) in [5.41, 5.74) is 4.56. The summed E-state index contributed by atoms with van der Waals surface area (Å²) >= 11 is 0. The van der Waals surface area contributed by atoms with Gasteiger partial charge in [0.15, 0.2) is 0 Å². The van der Waals surface area contributed by atoms with E-state index in [-0.39, 0.29) is 5.56 Å². The van der Waals surface area contributed by atoms with Gasteiger partial charge in [-0.1, -0.05) is 30.3 Å². The van der Waals surface area contributed by atoms with Crippen LogP contribution in [0.25, 0.3) is 16.8 Å². The fourth-order valence-corrected chi connectivity index (χ4v) is 4.32. The van der Waals surface area contributed by atoms with E-state index in [2.05, 4.69) is 40.4 Å². The second-order valence-electron chi connectivity index (χ2n) is 8.18. The molecule has 32 heavy (non-hydrogen) atoms. The number of aromatic nitrogens is 4. The van der Waals surface area contributed by atoms with Gasteiger partial charge in [-0.2, -0.15) is 0 Å². The van der Waals surface area contributed by atoms with E-state index in [0.717, 1.165) is 54.4 Å². The summed E-state index contributed by atoms with van der Waals surface area (Å²) in [5.74, 6) is 1.87. The van der Waals surface area contributed by atoms with E-state index in [9.17, 15) is 4.79 Å². The summed E-state index contributed by atoms with van der Waals surface area (Å²) in [4.78, 5) is 22.1. The highest BCUT2D eigenvalue weighted by Gasteiger charge is 2.22. The Labute approximate surface area is 186 Å². The van der Waals surface area contributed by atoms with Crippen LogP contribution in [0.4, 0.5) is 0 Å². The zero-order valence-corrected chi connectivity index (χ0v) is 18.3. The van der Waals surface area contributed by atoms with Crippen molar-refractivity contribution in [3.8, 4) is 17.1 Å². The molecule has 0 bridgehead atoms. The molecule has 1 aliphatic heterocycles. The second kappa shape index (κ2) is 8.59. The van der Waals surface area contributed by atoms with E-state index in [1.807, 2.05) is 29.6 Å². The largest absolute Gasteiger partial charge is 0.481 e. The van der Waals surface area contributed by atoms with Crippen LogP contribution in [0.5, 0.6) is 5.88 Å². The van der Waals surface area contributed by atoms with Crippen molar-refractivity contribution in [2.24, 2.45) is 7.05 Å². The maximum absolute atomic E-state index is 13.0. The smallest absolute Gasteiger partial charge is 0.276 e. The molecule has 164 valence electrons. The minimum atomic E-state index is -0.0227. The Bertz CT molecular complexity index is 1300. The van der Waals surface area contributed by atoms with Crippen molar-refractivity contribution in [2.45, 2.75) is 25.2 Å². The van der Waals surface area contributed by atoms with Gasteiger partial charge in [-0.3, -0.25) is 9.20 Å². The number of nitrogens with zero attached hydrogens (tertiary/aromatic N) is 4. The predicted octanol–water partition coefficient (Wildman–Crippen LogP) is 3.59. The van der Waals surface area contributed by atoms with Crippen molar-refractivity contribution in [1.29, 1.82) is 0 Å². The van der Waals surface area contributed by atoms with Crippen molar-refractivity contribution in [3.05, 3.63) is 82.3 Å². The first-order chi connectivity index (χ1) is 15.6. The van der Waals surface area contributed by atoms with Gasteiger partial charge in [0.2, 0.25) is 5.88 Å². The van der Waals surface area contributed by atoms with Gasteiger partial charge in [-0.25, -0.2) is 9.97 Å². The number of fused-ring (bicyclic) bond motifs is 1.